The molecule has 29 heavy (non-hydrogen) atoms. The average Bonchev–Trinajstić information content (AvgIpc) is 3.25. The summed E-state index contributed by atoms with van der Waals surface area (Å²) in [5, 5.41) is 13.6. The molecule has 0 radical (unpaired) electrons. The molecule has 0 unspecified atom stereocenters. The first-order valence-electron chi connectivity index (χ1n) is 9.37. The van der Waals surface area contributed by atoms with Gasteiger partial charge in [0.2, 0.25) is 0 Å². The van der Waals surface area contributed by atoms with Crippen molar-refractivity contribution < 1.29 is 14.0 Å². The largest absolute Gasteiger partial charge is 0.468 e. The lowest BCUT2D eigenvalue weighted by atomic mass is 9.84. The lowest BCUT2D eigenvalue weighted by Crippen LogP contribution is -2.27. The Hall–Kier alpha value is -3.04. The Balaban J connectivity index is 1.87. The number of aryl methyl sites for hydroxylation is 1. The third kappa shape index (κ3) is 4.36. The molecule has 0 fully saturated rings. The Morgan fingerprint density at radius 3 is 2.52 bits per heavy atom. The first-order chi connectivity index (χ1) is 14.0. The van der Waals surface area contributed by atoms with Crippen molar-refractivity contribution in [3.05, 3.63) is 81.4 Å². The molecule has 1 N–H and O–H groups in total. The molecule has 2 heterocycles. The van der Waals surface area contributed by atoms with E-state index >= 15 is 0 Å². The van der Waals surface area contributed by atoms with Crippen molar-refractivity contribution in [2.45, 2.75) is 33.1 Å². The number of carbonyl (C=O) groups is 2. The summed E-state index contributed by atoms with van der Waals surface area (Å²) < 4.78 is 5.52. The molecule has 0 amide bonds. The third-order valence-corrected chi connectivity index (χ3v) is 5.90. The highest BCUT2D eigenvalue weighted by Gasteiger charge is 2.34. The van der Waals surface area contributed by atoms with Crippen LogP contribution in [0.5, 0.6) is 0 Å². The second-order valence-electron chi connectivity index (χ2n) is 6.79. The van der Waals surface area contributed by atoms with E-state index in [-0.39, 0.29) is 17.3 Å². The number of Topliss-reactive ketones (excluding diaryl/α,β-unsaturated/α-hetero) is 2. The number of nitriles is 1. The van der Waals surface area contributed by atoms with E-state index in [1.165, 1.54) is 30.5 Å². The molecule has 148 valence electrons. The average molecular weight is 407 g/mol. The first-order valence-corrected chi connectivity index (χ1v) is 10.4. The lowest BCUT2D eigenvalue weighted by molar-refractivity contribution is -0.113. The van der Waals surface area contributed by atoms with Gasteiger partial charge in [0.15, 0.2) is 11.6 Å². The van der Waals surface area contributed by atoms with Gasteiger partial charge in [0.25, 0.3) is 0 Å². The van der Waals surface area contributed by atoms with Crippen LogP contribution in [-0.4, -0.2) is 17.3 Å². The molecule has 1 aromatic heterocycles. The van der Waals surface area contributed by atoms with Gasteiger partial charge in [-0.05, 0) is 38.0 Å². The van der Waals surface area contributed by atoms with Crippen LogP contribution in [-0.2, 0) is 11.2 Å². The fraction of sp³-hybridized carbons (Fsp3) is 0.261. The van der Waals surface area contributed by atoms with Crippen molar-refractivity contribution in [2.24, 2.45) is 0 Å². The normalized spacial score (nSPS) is 16.4. The van der Waals surface area contributed by atoms with Crippen LogP contribution in [0.3, 0.4) is 0 Å². The molecular formula is C23H22N2O3S. The summed E-state index contributed by atoms with van der Waals surface area (Å²) in [6.07, 6.45) is 2.44. The van der Waals surface area contributed by atoms with Gasteiger partial charge in [-0.2, -0.15) is 5.26 Å². The third-order valence-electron chi connectivity index (χ3n) is 4.89. The topological polar surface area (TPSA) is 83.1 Å². The zero-order chi connectivity index (χ0) is 21.0. The van der Waals surface area contributed by atoms with Crippen molar-refractivity contribution >= 4 is 23.3 Å². The van der Waals surface area contributed by atoms with Crippen LogP contribution in [0.2, 0.25) is 0 Å². The van der Waals surface area contributed by atoms with Crippen molar-refractivity contribution in [3.63, 3.8) is 0 Å². The second-order valence-corrected chi connectivity index (χ2v) is 7.77. The van der Waals surface area contributed by atoms with Crippen LogP contribution >= 0.6 is 11.8 Å². The minimum atomic E-state index is -0.574. The van der Waals surface area contributed by atoms with Crippen LogP contribution in [0, 0.1) is 11.3 Å². The summed E-state index contributed by atoms with van der Waals surface area (Å²) in [6, 6.07) is 13.3. The smallest absolute Gasteiger partial charge is 0.173 e. The molecular weight excluding hydrogens is 384 g/mol. The van der Waals surface area contributed by atoms with Crippen LogP contribution in [0.25, 0.3) is 0 Å². The molecule has 1 aliphatic rings. The summed E-state index contributed by atoms with van der Waals surface area (Å²) in [4.78, 5) is 24.9. The van der Waals surface area contributed by atoms with Crippen LogP contribution in [0.4, 0.5) is 0 Å². The van der Waals surface area contributed by atoms with Gasteiger partial charge in [0.05, 0.1) is 34.6 Å². The zero-order valence-corrected chi connectivity index (χ0v) is 17.4. The molecule has 6 heteroatoms. The molecule has 5 nitrogen and oxygen atoms in total. The first kappa shape index (κ1) is 20.7. The quantitative estimate of drug-likeness (QED) is 0.669. The number of allylic oxidation sites excluding steroid dienone is 3. The highest BCUT2D eigenvalue weighted by molar-refractivity contribution is 8.03. The second kappa shape index (κ2) is 8.97. The number of benzene rings is 1. The molecule has 1 atom stereocenters. The standard InChI is InChI=1S/C23H22N2O3S/c1-4-16-7-9-17(10-8-16)19(27)13-29-23-18(12-24)22(20-6-5-11-28-20)21(15(3)26)14(2)25-23/h5-11,22,25H,4,13H2,1-3H3/t22-/m0/s1. The molecule has 0 bridgehead atoms. The lowest BCUT2D eigenvalue weighted by Gasteiger charge is -2.27. The number of nitrogens with zero attached hydrogens (tertiary/aromatic N) is 1. The van der Waals surface area contributed by atoms with E-state index in [2.05, 4.69) is 18.3 Å². The molecule has 3 rings (SSSR count). The van der Waals surface area contributed by atoms with Gasteiger partial charge < -0.3 is 9.73 Å². The Morgan fingerprint density at radius 1 is 1.24 bits per heavy atom. The molecule has 0 aliphatic carbocycles. The van der Waals surface area contributed by atoms with Crippen molar-refractivity contribution in [2.75, 3.05) is 5.75 Å². The van der Waals surface area contributed by atoms with Gasteiger partial charge in [-0.25, -0.2) is 0 Å². The Labute approximate surface area is 174 Å². The van der Waals surface area contributed by atoms with E-state index in [4.69, 9.17) is 4.42 Å². The number of thioether (sulfide) groups is 1. The highest BCUT2D eigenvalue weighted by atomic mass is 32.2. The van der Waals surface area contributed by atoms with E-state index in [9.17, 15) is 14.9 Å². The predicted molar refractivity (Wildman–Crippen MR) is 113 cm³/mol. The summed E-state index contributed by atoms with van der Waals surface area (Å²) in [5.41, 5.74) is 3.37. The van der Waals surface area contributed by atoms with Gasteiger partial charge in [-0.3, -0.25) is 9.59 Å². The van der Waals surface area contributed by atoms with Gasteiger partial charge >= 0.3 is 0 Å². The minimum absolute atomic E-state index is 0.0159. The number of carbonyl (C=O) groups excluding carboxylic acids is 2. The van der Waals surface area contributed by atoms with E-state index in [1.807, 2.05) is 24.3 Å². The van der Waals surface area contributed by atoms with Crippen molar-refractivity contribution in [1.29, 1.82) is 5.26 Å². The Kier molecular flexibility index (Phi) is 6.40. The molecule has 0 saturated carbocycles. The molecule has 0 saturated heterocycles. The summed E-state index contributed by atoms with van der Waals surface area (Å²) in [5.74, 6) is 0.00691. The van der Waals surface area contributed by atoms with Crippen LogP contribution in [0.15, 0.2) is 69.0 Å². The number of hydrogen-bond donors (Lipinski definition) is 1. The summed E-state index contributed by atoms with van der Waals surface area (Å²) in [7, 11) is 0. The van der Waals surface area contributed by atoms with Gasteiger partial charge in [0, 0.05) is 16.8 Å². The minimum Gasteiger partial charge on any atom is -0.468 e. The number of furan rings is 1. The number of dihydropyridines is 1. The van der Waals surface area contributed by atoms with Crippen molar-refractivity contribution in [1.82, 2.24) is 5.32 Å². The maximum Gasteiger partial charge on any atom is 0.173 e. The number of rotatable bonds is 7. The SMILES string of the molecule is CCc1ccc(C(=O)CSC2=C(C#N)[C@@H](c3ccco3)C(C(C)=O)=C(C)N2)cc1. The zero-order valence-electron chi connectivity index (χ0n) is 16.6. The molecule has 0 spiro atoms. The molecule has 1 aromatic carbocycles. The highest BCUT2D eigenvalue weighted by Crippen LogP contribution is 2.41. The molecule has 2 aromatic rings. The predicted octanol–water partition coefficient (Wildman–Crippen LogP) is 4.74. The molecule has 1 aliphatic heterocycles. The Morgan fingerprint density at radius 2 is 1.97 bits per heavy atom. The van der Waals surface area contributed by atoms with Gasteiger partial charge in [-0.1, -0.05) is 43.0 Å². The summed E-state index contributed by atoms with van der Waals surface area (Å²) >= 11 is 1.27. The number of ketones is 2. The maximum atomic E-state index is 12.6. The van der Waals surface area contributed by atoms with E-state index in [0.717, 1.165) is 6.42 Å². The van der Waals surface area contributed by atoms with E-state index in [1.54, 1.807) is 19.1 Å². The fourth-order valence-corrected chi connectivity index (χ4v) is 4.37. The number of nitrogens with one attached hydrogen (secondary N) is 1. The summed E-state index contributed by atoms with van der Waals surface area (Å²) in [6.45, 7) is 5.34. The number of hydrogen-bond acceptors (Lipinski definition) is 6. The van der Waals surface area contributed by atoms with E-state index in [0.29, 0.717) is 33.2 Å². The van der Waals surface area contributed by atoms with E-state index < -0.39 is 5.92 Å². The monoisotopic (exact) mass is 406 g/mol. The van der Waals surface area contributed by atoms with Crippen molar-refractivity contribution in [3.8, 4) is 6.07 Å². The maximum absolute atomic E-state index is 12.6. The van der Waals surface area contributed by atoms with Crippen LogP contribution < -0.4 is 5.32 Å². The van der Waals surface area contributed by atoms with Crippen LogP contribution in [0.1, 0.15) is 48.4 Å². The van der Waals surface area contributed by atoms with Gasteiger partial charge in [-0.15, -0.1) is 0 Å². The Bertz CT molecular complexity index is 1030. The fourth-order valence-electron chi connectivity index (χ4n) is 3.38. The van der Waals surface area contributed by atoms with Gasteiger partial charge in [0.1, 0.15) is 5.76 Å².